The Morgan fingerprint density at radius 1 is 1.19 bits per heavy atom. The lowest BCUT2D eigenvalue weighted by molar-refractivity contribution is -0.108. The van der Waals surface area contributed by atoms with Gasteiger partial charge in [-0.2, -0.15) is 0 Å². The molecule has 1 aliphatic rings. The van der Waals surface area contributed by atoms with Crippen LogP contribution in [0, 0.1) is 12.8 Å². The Morgan fingerprint density at radius 3 is 2.12 bits per heavy atom. The van der Waals surface area contributed by atoms with Gasteiger partial charge >= 0.3 is 0 Å². The Morgan fingerprint density at radius 2 is 1.75 bits per heavy atom. The van der Waals surface area contributed by atoms with E-state index in [-0.39, 0.29) is 11.8 Å². The van der Waals surface area contributed by atoms with E-state index >= 15 is 0 Å². The van der Waals surface area contributed by atoms with Gasteiger partial charge in [-0.25, -0.2) is 8.42 Å². The van der Waals surface area contributed by atoms with Gasteiger partial charge in [-0.05, 0) is 12.5 Å². The first kappa shape index (κ1) is 11.3. The van der Waals surface area contributed by atoms with E-state index in [4.69, 9.17) is 0 Å². The highest BCUT2D eigenvalue weighted by molar-refractivity contribution is 7.91. The molecular formula is C12H14O3S. The van der Waals surface area contributed by atoms with Crippen molar-refractivity contribution in [2.45, 2.75) is 18.1 Å². The van der Waals surface area contributed by atoms with Gasteiger partial charge in [0.1, 0.15) is 6.29 Å². The Hall–Kier alpha value is -1.16. The maximum absolute atomic E-state index is 11.5. The minimum absolute atomic E-state index is 0.145. The van der Waals surface area contributed by atoms with Gasteiger partial charge in [0.2, 0.25) is 0 Å². The van der Waals surface area contributed by atoms with Crippen LogP contribution < -0.4 is 0 Å². The predicted molar refractivity (Wildman–Crippen MR) is 62.1 cm³/mol. The molecule has 0 N–H and O–H groups in total. The summed E-state index contributed by atoms with van der Waals surface area (Å²) in [7, 11) is -3.13. The highest BCUT2D eigenvalue weighted by Crippen LogP contribution is 2.50. The normalized spacial score (nSPS) is 28.8. The van der Waals surface area contributed by atoms with Crippen LogP contribution in [0.2, 0.25) is 0 Å². The van der Waals surface area contributed by atoms with Crippen LogP contribution in [0.25, 0.3) is 0 Å². The summed E-state index contributed by atoms with van der Waals surface area (Å²) in [6.07, 6.45) is 1.96. The van der Waals surface area contributed by atoms with Crippen LogP contribution in [0.3, 0.4) is 0 Å². The molecule has 1 aliphatic carbocycles. The largest absolute Gasteiger partial charge is 0.303 e. The van der Waals surface area contributed by atoms with Crippen LogP contribution in [0.5, 0.6) is 0 Å². The molecule has 0 radical (unpaired) electrons. The Balaban J connectivity index is 2.30. The first-order valence-corrected chi connectivity index (χ1v) is 7.11. The lowest BCUT2D eigenvalue weighted by atomic mass is 10.1. The number of hydrogen-bond donors (Lipinski definition) is 0. The molecule has 1 saturated carbocycles. The second kappa shape index (κ2) is 3.70. The zero-order valence-corrected chi connectivity index (χ0v) is 10.1. The summed E-state index contributed by atoms with van der Waals surface area (Å²) >= 11 is 0. The van der Waals surface area contributed by atoms with Gasteiger partial charge in [-0.15, -0.1) is 0 Å². The number of carbonyl (C=O) groups is 1. The van der Waals surface area contributed by atoms with Crippen LogP contribution in [-0.2, 0) is 14.6 Å². The summed E-state index contributed by atoms with van der Waals surface area (Å²) in [6.45, 7) is 1.97. The molecule has 0 amide bonds. The van der Waals surface area contributed by atoms with Gasteiger partial charge in [0.25, 0.3) is 0 Å². The van der Waals surface area contributed by atoms with E-state index in [0.717, 1.165) is 17.4 Å². The van der Waals surface area contributed by atoms with Crippen molar-refractivity contribution >= 4 is 16.1 Å². The fraction of sp³-hybridized carbons (Fsp3) is 0.417. The highest BCUT2D eigenvalue weighted by Gasteiger charge is 2.57. The average molecular weight is 238 g/mol. The van der Waals surface area contributed by atoms with Gasteiger partial charge in [0.05, 0.1) is 5.25 Å². The maximum Gasteiger partial charge on any atom is 0.151 e. The third-order valence-corrected chi connectivity index (χ3v) is 4.72. The molecular weight excluding hydrogens is 224 g/mol. The van der Waals surface area contributed by atoms with E-state index in [0.29, 0.717) is 0 Å². The number of aldehydes is 1. The Bertz CT molecular complexity index is 502. The minimum atomic E-state index is -3.13. The molecule has 0 saturated heterocycles. The molecule has 3 nitrogen and oxygen atoms in total. The van der Waals surface area contributed by atoms with E-state index < -0.39 is 15.1 Å². The molecule has 3 atom stereocenters. The van der Waals surface area contributed by atoms with E-state index in [2.05, 4.69) is 0 Å². The number of hydrogen-bond acceptors (Lipinski definition) is 3. The molecule has 0 aromatic heterocycles. The molecule has 2 rings (SSSR count). The van der Waals surface area contributed by atoms with Crippen LogP contribution >= 0.6 is 0 Å². The second-order valence-corrected chi connectivity index (χ2v) is 6.65. The van der Waals surface area contributed by atoms with Crippen molar-refractivity contribution in [1.29, 1.82) is 0 Å². The van der Waals surface area contributed by atoms with Crippen LogP contribution in [0.15, 0.2) is 24.3 Å². The van der Waals surface area contributed by atoms with Gasteiger partial charge < -0.3 is 4.79 Å². The van der Waals surface area contributed by atoms with E-state index in [1.165, 1.54) is 6.26 Å². The van der Waals surface area contributed by atoms with Gasteiger partial charge in [0, 0.05) is 18.1 Å². The standard InChI is InChI=1S/C12H14O3S/c1-8-3-5-9(6-4-8)11-10(7-13)12(11)16(2,14)15/h3-7,10-12H,1-2H3/t10-,11+,12-/m1/s1. The minimum Gasteiger partial charge on any atom is -0.303 e. The third-order valence-electron chi connectivity index (χ3n) is 3.12. The van der Waals surface area contributed by atoms with Crippen molar-refractivity contribution in [3.8, 4) is 0 Å². The quantitative estimate of drug-likeness (QED) is 0.746. The number of aryl methyl sites for hydroxylation is 1. The SMILES string of the molecule is Cc1ccc([C@H]2[C@@H](C=O)[C@H]2S(C)(=O)=O)cc1. The van der Waals surface area contributed by atoms with E-state index in [1.54, 1.807) is 0 Å². The average Bonchev–Trinajstić information content (AvgIpc) is 2.92. The molecule has 1 fully saturated rings. The molecule has 4 heteroatoms. The predicted octanol–water partition coefficient (Wildman–Crippen LogP) is 1.32. The summed E-state index contributed by atoms with van der Waals surface area (Å²) in [6, 6.07) is 7.69. The zero-order valence-electron chi connectivity index (χ0n) is 9.25. The van der Waals surface area contributed by atoms with Crippen molar-refractivity contribution in [3.63, 3.8) is 0 Å². The van der Waals surface area contributed by atoms with Crippen LogP contribution in [-0.4, -0.2) is 26.2 Å². The lowest BCUT2D eigenvalue weighted by Gasteiger charge is -1.99. The van der Waals surface area contributed by atoms with Crippen molar-refractivity contribution in [1.82, 2.24) is 0 Å². The highest BCUT2D eigenvalue weighted by atomic mass is 32.2. The summed E-state index contributed by atoms with van der Waals surface area (Å²) < 4.78 is 22.9. The van der Waals surface area contributed by atoms with E-state index in [1.807, 2.05) is 31.2 Å². The van der Waals surface area contributed by atoms with Crippen molar-refractivity contribution in [2.75, 3.05) is 6.26 Å². The Kier molecular flexibility index (Phi) is 2.62. The van der Waals surface area contributed by atoms with Gasteiger partial charge in [-0.1, -0.05) is 29.8 Å². The van der Waals surface area contributed by atoms with Crippen molar-refractivity contribution in [2.24, 2.45) is 5.92 Å². The summed E-state index contributed by atoms with van der Waals surface area (Å²) in [5, 5.41) is -0.521. The molecule has 0 heterocycles. The number of sulfone groups is 1. The summed E-state index contributed by atoms with van der Waals surface area (Å²) in [4.78, 5) is 10.8. The lowest BCUT2D eigenvalue weighted by Crippen LogP contribution is -2.07. The molecule has 1 aromatic carbocycles. The van der Waals surface area contributed by atoms with E-state index in [9.17, 15) is 13.2 Å². The second-order valence-electron chi connectivity index (χ2n) is 4.44. The number of carbonyl (C=O) groups excluding carboxylic acids is 1. The molecule has 1 aromatic rings. The number of benzene rings is 1. The summed E-state index contributed by atoms with van der Waals surface area (Å²) in [5.74, 6) is -0.509. The Labute approximate surface area is 95.4 Å². The van der Waals surface area contributed by atoms with Crippen LogP contribution in [0.4, 0.5) is 0 Å². The maximum atomic E-state index is 11.5. The fourth-order valence-corrected chi connectivity index (χ4v) is 3.80. The van der Waals surface area contributed by atoms with Crippen molar-refractivity contribution < 1.29 is 13.2 Å². The molecule has 0 spiro atoms. The van der Waals surface area contributed by atoms with Crippen molar-refractivity contribution in [3.05, 3.63) is 35.4 Å². The number of rotatable bonds is 3. The first-order chi connectivity index (χ1) is 7.45. The fourth-order valence-electron chi connectivity index (χ4n) is 2.22. The molecule has 0 unspecified atom stereocenters. The third kappa shape index (κ3) is 1.89. The zero-order chi connectivity index (χ0) is 11.9. The van der Waals surface area contributed by atoms with Gasteiger partial charge in [-0.3, -0.25) is 0 Å². The molecule has 16 heavy (non-hydrogen) atoms. The summed E-state index contributed by atoms with van der Waals surface area (Å²) in [5.41, 5.74) is 2.07. The van der Waals surface area contributed by atoms with Crippen LogP contribution in [0.1, 0.15) is 17.0 Å². The smallest absolute Gasteiger partial charge is 0.151 e. The monoisotopic (exact) mass is 238 g/mol. The molecule has 86 valence electrons. The molecule has 0 bridgehead atoms. The first-order valence-electron chi connectivity index (χ1n) is 5.16. The molecule has 0 aliphatic heterocycles. The van der Waals surface area contributed by atoms with Gasteiger partial charge in [0.15, 0.2) is 9.84 Å². The topological polar surface area (TPSA) is 51.2 Å².